The Kier molecular flexibility index (Phi) is 2.11. The Morgan fingerprint density at radius 3 is 2.80 bits per heavy atom. The van der Waals surface area contributed by atoms with Crippen LogP contribution in [-0.2, 0) is 0 Å². The maximum atomic E-state index is 5.55. The molecular weight excluding hydrogens is 194 g/mol. The minimum Gasteiger partial charge on any atom is -0.396 e. The summed E-state index contributed by atoms with van der Waals surface area (Å²) in [6, 6.07) is 3.60. The first-order valence-electron chi connectivity index (χ1n) is 2.84. The van der Waals surface area contributed by atoms with Gasteiger partial charge in [0, 0.05) is 7.05 Å². The molecule has 3 N–H and O–H groups in total. The van der Waals surface area contributed by atoms with Gasteiger partial charge in [0.05, 0.1) is 5.69 Å². The Morgan fingerprint density at radius 2 is 2.30 bits per heavy atom. The van der Waals surface area contributed by atoms with E-state index in [4.69, 9.17) is 5.73 Å². The second-order valence-corrected chi connectivity index (χ2v) is 2.63. The molecule has 0 saturated heterocycles. The van der Waals surface area contributed by atoms with Gasteiger partial charge in [-0.1, -0.05) is 0 Å². The van der Waals surface area contributed by atoms with Gasteiger partial charge >= 0.3 is 0 Å². The van der Waals surface area contributed by atoms with Crippen LogP contribution in [0.25, 0.3) is 0 Å². The summed E-state index contributed by atoms with van der Waals surface area (Å²) in [4.78, 5) is 4.07. The lowest BCUT2D eigenvalue weighted by molar-refractivity contribution is 1.25. The molecule has 1 rings (SSSR count). The molecule has 0 aliphatic carbocycles. The van der Waals surface area contributed by atoms with Crippen LogP contribution in [-0.4, -0.2) is 12.0 Å². The molecule has 3 nitrogen and oxygen atoms in total. The van der Waals surface area contributed by atoms with Gasteiger partial charge in [-0.05, 0) is 28.1 Å². The third kappa shape index (κ3) is 1.39. The van der Waals surface area contributed by atoms with Crippen molar-refractivity contribution in [2.45, 2.75) is 0 Å². The van der Waals surface area contributed by atoms with Crippen molar-refractivity contribution in [3.8, 4) is 0 Å². The number of nitrogens with zero attached hydrogens (tertiary/aromatic N) is 1. The summed E-state index contributed by atoms with van der Waals surface area (Å²) in [5, 5.41) is 2.87. The number of rotatable bonds is 1. The van der Waals surface area contributed by atoms with Crippen molar-refractivity contribution in [3.05, 3.63) is 16.7 Å². The number of pyridine rings is 1. The van der Waals surface area contributed by atoms with E-state index < -0.39 is 0 Å². The minimum absolute atomic E-state index is 0.658. The topological polar surface area (TPSA) is 50.9 Å². The zero-order valence-electron chi connectivity index (χ0n) is 5.56. The predicted molar refractivity (Wildman–Crippen MR) is 45.9 cm³/mol. The first-order chi connectivity index (χ1) is 4.74. The molecule has 0 fully saturated rings. The quantitative estimate of drug-likeness (QED) is 0.678. The smallest absolute Gasteiger partial charge is 0.150 e. The number of nitrogens with two attached hydrogens (primary N) is 1. The van der Waals surface area contributed by atoms with Crippen LogP contribution in [0.5, 0.6) is 0 Å². The van der Waals surface area contributed by atoms with Crippen LogP contribution in [0.1, 0.15) is 0 Å². The van der Waals surface area contributed by atoms with Crippen LogP contribution in [0, 0.1) is 0 Å². The Bertz CT molecular complexity index is 236. The highest BCUT2D eigenvalue weighted by Gasteiger charge is 1.96. The molecule has 0 aliphatic heterocycles. The summed E-state index contributed by atoms with van der Waals surface area (Å²) in [6.45, 7) is 0. The van der Waals surface area contributed by atoms with Crippen LogP contribution in [0.4, 0.5) is 11.5 Å². The van der Waals surface area contributed by atoms with E-state index in [2.05, 4.69) is 26.2 Å². The molecule has 0 saturated carbocycles. The first kappa shape index (κ1) is 7.34. The van der Waals surface area contributed by atoms with Crippen LogP contribution >= 0.6 is 15.9 Å². The van der Waals surface area contributed by atoms with Crippen molar-refractivity contribution in [2.75, 3.05) is 18.1 Å². The highest BCUT2D eigenvalue weighted by molar-refractivity contribution is 9.10. The zero-order chi connectivity index (χ0) is 7.56. The van der Waals surface area contributed by atoms with E-state index in [9.17, 15) is 0 Å². The molecule has 1 aromatic heterocycles. The molecule has 0 atom stereocenters. The molecule has 0 unspecified atom stereocenters. The molecule has 0 radical (unpaired) electrons. The van der Waals surface area contributed by atoms with E-state index in [0.717, 1.165) is 4.60 Å². The van der Waals surface area contributed by atoms with Gasteiger partial charge < -0.3 is 11.1 Å². The number of halogens is 1. The van der Waals surface area contributed by atoms with Gasteiger partial charge in [-0.15, -0.1) is 0 Å². The fourth-order valence-corrected chi connectivity index (χ4v) is 0.956. The highest BCUT2D eigenvalue weighted by Crippen LogP contribution is 2.17. The van der Waals surface area contributed by atoms with Crippen LogP contribution < -0.4 is 11.1 Å². The summed E-state index contributed by atoms with van der Waals surface area (Å²) < 4.78 is 0.783. The average Bonchev–Trinajstić information content (AvgIpc) is 1.94. The Hall–Kier alpha value is -0.770. The molecule has 10 heavy (non-hydrogen) atoms. The number of nitrogen functional groups attached to an aromatic ring is 1. The minimum atomic E-state index is 0.658. The van der Waals surface area contributed by atoms with Crippen LogP contribution in [0.15, 0.2) is 16.7 Å². The largest absolute Gasteiger partial charge is 0.396 e. The molecule has 4 heteroatoms. The van der Waals surface area contributed by atoms with Gasteiger partial charge in [0.15, 0.2) is 0 Å². The van der Waals surface area contributed by atoms with Gasteiger partial charge in [-0.3, -0.25) is 0 Å². The molecule has 54 valence electrons. The van der Waals surface area contributed by atoms with E-state index in [1.807, 2.05) is 0 Å². The predicted octanol–water partition coefficient (Wildman–Crippen LogP) is 1.47. The zero-order valence-corrected chi connectivity index (χ0v) is 7.14. The molecule has 0 bridgehead atoms. The van der Waals surface area contributed by atoms with Crippen molar-refractivity contribution in [1.29, 1.82) is 0 Å². The highest BCUT2D eigenvalue weighted by atomic mass is 79.9. The molecular formula is C6H8BrN3. The summed E-state index contributed by atoms with van der Waals surface area (Å²) in [5.74, 6) is 0.703. The molecule has 0 amide bonds. The second kappa shape index (κ2) is 2.88. The lowest BCUT2D eigenvalue weighted by atomic mass is 10.4. The standard InChI is InChI=1S/C6H8BrN3/c1-9-6-4(8)2-3-5(7)10-6/h2-3H,8H2,1H3,(H,9,10). The van der Waals surface area contributed by atoms with Crippen molar-refractivity contribution in [3.63, 3.8) is 0 Å². The van der Waals surface area contributed by atoms with E-state index in [0.29, 0.717) is 11.5 Å². The number of hydrogen-bond acceptors (Lipinski definition) is 3. The third-order valence-corrected chi connectivity index (χ3v) is 1.57. The molecule has 0 aliphatic rings. The van der Waals surface area contributed by atoms with Gasteiger partial charge in [0.25, 0.3) is 0 Å². The van der Waals surface area contributed by atoms with E-state index in [1.54, 1.807) is 19.2 Å². The first-order valence-corrected chi connectivity index (χ1v) is 3.63. The summed E-state index contributed by atoms with van der Waals surface area (Å²) in [7, 11) is 1.78. The lowest BCUT2D eigenvalue weighted by Gasteiger charge is -2.02. The third-order valence-electron chi connectivity index (χ3n) is 1.13. The maximum absolute atomic E-state index is 5.55. The fourth-order valence-electron chi connectivity index (χ4n) is 0.646. The Morgan fingerprint density at radius 1 is 1.60 bits per heavy atom. The average molecular weight is 202 g/mol. The van der Waals surface area contributed by atoms with Crippen LogP contribution in [0.2, 0.25) is 0 Å². The SMILES string of the molecule is CNc1nc(Br)ccc1N. The number of nitrogens with one attached hydrogen (secondary N) is 1. The van der Waals surface area contributed by atoms with E-state index in [1.165, 1.54) is 0 Å². The van der Waals surface area contributed by atoms with Crippen molar-refractivity contribution >= 4 is 27.4 Å². The molecule has 0 aromatic carbocycles. The van der Waals surface area contributed by atoms with Gasteiger partial charge in [-0.25, -0.2) is 4.98 Å². The number of aromatic nitrogens is 1. The number of anilines is 2. The molecule has 0 spiro atoms. The second-order valence-electron chi connectivity index (χ2n) is 1.82. The summed E-state index contributed by atoms with van der Waals surface area (Å²) >= 11 is 3.23. The molecule has 1 aromatic rings. The Balaban J connectivity index is 3.09. The molecule has 1 heterocycles. The summed E-state index contributed by atoms with van der Waals surface area (Å²) in [5.41, 5.74) is 6.21. The lowest BCUT2D eigenvalue weighted by Crippen LogP contribution is -1.97. The van der Waals surface area contributed by atoms with Gasteiger partial charge in [0.2, 0.25) is 0 Å². The summed E-state index contributed by atoms with van der Waals surface area (Å²) in [6.07, 6.45) is 0. The number of hydrogen-bond donors (Lipinski definition) is 2. The van der Waals surface area contributed by atoms with Gasteiger partial charge in [-0.2, -0.15) is 0 Å². The van der Waals surface area contributed by atoms with E-state index >= 15 is 0 Å². The van der Waals surface area contributed by atoms with E-state index in [-0.39, 0.29) is 0 Å². The normalized spacial score (nSPS) is 9.40. The fraction of sp³-hybridized carbons (Fsp3) is 0.167. The Labute approximate surface area is 67.8 Å². The van der Waals surface area contributed by atoms with Crippen molar-refractivity contribution < 1.29 is 0 Å². The van der Waals surface area contributed by atoms with Crippen molar-refractivity contribution in [2.24, 2.45) is 0 Å². The van der Waals surface area contributed by atoms with Gasteiger partial charge in [0.1, 0.15) is 10.4 Å². The maximum Gasteiger partial charge on any atom is 0.150 e. The van der Waals surface area contributed by atoms with Crippen LogP contribution in [0.3, 0.4) is 0 Å². The van der Waals surface area contributed by atoms with Crippen molar-refractivity contribution in [1.82, 2.24) is 4.98 Å². The monoisotopic (exact) mass is 201 g/mol.